The first-order valence-electron chi connectivity index (χ1n) is 6.91. The number of hydrogen-bond acceptors (Lipinski definition) is 3. The Labute approximate surface area is 127 Å². The minimum atomic E-state index is -1.45. The molecule has 1 saturated carbocycles. The normalized spacial score (nSPS) is 17.6. The van der Waals surface area contributed by atoms with Crippen molar-refractivity contribution in [3.63, 3.8) is 0 Å². The van der Waals surface area contributed by atoms with Crippen molar-refractivity contribution >= 4 is 23.5 Å². The lowest BCUT2D eigenvalue weighted by Gasteiger charge is -2.40. The van der Waals surface area contributed by atoms with E-state index in [-0.39, 0.29) is 18.9 Å². The van der Waals surface area contributed by atoms with Crippen LogP contribution in [0.1, 0.15) is 31.2 Å². The van der Waals surface area contributed by atoms with Crippen LogP contribution in [-0.2, 0) is 15.0 Å². The first-order valence-corrected chi connectivity index (χ1v) is 7.29. The van der Waals surface area contributed by atoms with E-state index in [4.69, 9.17) is 16.7 Å². The van der Waals surface area contributed by atoms with Crippen LogP contribution >= 0.6 is 11.6 Å². The smallest absolute Gasteiger partial charge is 0.332 e. The lowest BCUT2D eigenvalue weighted by molar-refractivity contribution is -0.147. The van der Waals surface area contributed by atoms with E-state index in [1.165, 1.54) is 0 Å². The van der Waals surface area contributed by atoms with Crippen molar-refractivity contribution in [2.24, 2.45) is 0 Å². The minimum Gasteiger partial charge on any atom is -0.479 e. The van der Waals surface area contributed by atoms with Crippen molar-refractivity contribution in [1.29, 1.82) is 0 Å². The fourth-order valence-electron chi connectivity index (χ4n) is 2.58. The molecule has 1 aromatic carbocycles. The van der Waals surface area contributed by atoms with Crippen LogP contribution in [0.15, 0.2) is 24.3 Å². The monoisotopic (exact) mass is 311 g/mol. The topological polar surface area (TPSA) is 86.6 Å². The van der Waals surface area contributed by atoms with Crippen LogP contribution in [0.5, 0.6) is 0 Å². The third-order valence-corrected chi connectivity index (χ3v) is 4.24. The average Bonchev–Trinajstić information content (AvgIpc) is 2.37. The molecule has 21 heavy (non-hydrogen) atoms. The number of carbonyl (C=O) groups excluding carboxylic acids is 1. The van der Waals surface area contributed by atoms with Gasteiger partial charge in [-0.15, -0.1) is 0 Å². The van der Waals surface area contributed by atoms with Gasteiger partial charge in [0.1, 0.15) is 0 Å². The fraction of sp³-hybridized carbons (Fsp3) is 0.467. The van der Waals surface area contributed by atoms with E-state index in [0.717, 1.165) is 24.8 Å². The van der Waals surface area contributed by atoms with Crippen molar-refractivity contribution in [2.45, 2.75) is 37.2 Å². The summed E-state index contributed by atoms with van der Waals surface area (Å²) in [4.78, 5) is 22.9. The molecule has 0 aliphatic heterocycles. The van der Waals surface area contributed by atoms with E-state index in [1.807, 2.05) is 12.1 Å². The van der Waals surface area contributed by atoms with Crippen LogP contribution in [0.2, 0.25) is 5.02 Å². The zero-order valence-electron chi connectivity index (χ0n) is 11.5. The molecule has 0 unspecified atom stereocenters. The molecule has 5 nitrogen and oxygen atoms in total. The van der Waals surface area contributed by atoms with Crippen LogP contribution < -0.4 is 5.32 Å². The second kappa shape index (κ2) is 6.45. The van der Waals surface area contributed by atoms with Gasteiger partial charge in [-0.05, 0) is 30.5 Å². The average molecular weight is 312 g/mol. The summed E-state index contributed by atoms with van der Waals surface area (Å²) in [6.07, 6.45) is 1.01. The quantitative estimate of drug-likeness (QED) is 0.746. The van der Waals surface area contributed by atoms with Crippen LogP contribution in [0.3, 0.4) is 0 Å². The van der Waals surface area contributed by atoms with E-state index in [9.17, 15) is 14.7 Å². The molecule has 0 bridgehead atoms. The van der Waals surface area contributed by atoms with Gasteiger partial charge in [-0.25, -0.2) is 4.79 Å². The summed E-state index contributed by atoms with van der Waals surface area (Å²) in [7, 11) is 0. The molecule has 6 heteroatoms. The van der Waals surface area contributed by atoms with Crippen molar-refractivity contribution < 1.29 is 19.8 Å². The van der Waals surface area contributed by atoms with E-state index in [1.54, 1.807) is 12.1 Å². The molecular formula is C15H18ClNO4. The number of benzene rings is 1. The molecule has 1 fully saturated rings. The maximum atomic E-state index is 12.4. The minimum absolute atomic E-state index is 0.00724. The van der Waals surface area contributed by atoms with Gasteiger partial charge < -0.3 is 15.5 Å². The number of halogens is 1. The predicted octanol–water partition coefficient (Wildman–Crippen LogP) is 1.71. The zero-order chi connectivity index (χ0) is 15.5. The molecule has 0 radical (unpaired) electrons. The van der Waals surface area contributed by atoms with Crippen molar-refractivity contribution in [3.05, 3.63) is 34.9 Å². The maximum absolute atomic E-state index is 12.4. The molecule has 0 saturated heterocycles. The summed E-state index contributed by atoms with van der Waals surface area (Å²) >= 11 is 5.99. The Morgan fingerprint density at radius 2 is 2.10 bits per heavy atom. The molecular weight excluding hydrogens is 294 g/mol. The molecule has 114 valence electrons. The molecule has 1 aliphatic carbocycles. The second-order valence-electron chi connectivity index (χ2n) is 5.34. The summed E-state index contributed by atoms with van der Waals surface area (Å²) < 4.78 is 0. The van der Waals surface area contributed by atoms with Gasteiger partial charge in [0.2, 0.25) is 5.91 Å². The van der Waals surface area contributed by atoms with Gasteiger partial charge in [0.05, 0.1) is 5.41 Å². The molecule has 1 aliphatic rings. The molecule has 0 spiro atoms. The highest BCUT2D eigenvalue weighted by Crippen LogP contribution is 2.44. The van der Waals surface area contributed by atoms with E-state index >= 15 is 0 Å². The maximum Gasteiger partial charge on any atom is 0.332 e. The molecule has 3 N–H and O–H groups in total. The molecule has 1 atom stereocenters. The highest BCUT2D eigenvalue weighted by Gasteiger charge is 2.45. The summed E-state index contributed by atoms with van der Waals surface area (Å²) in [5.41, 5.74) is 0.316. The summed E-state index contributed by atoms with van der Waals surface area (Å²) in [5, 5.41) is 21.1. The van der Waals surface area contributed by atoms with Gasteiger partial charge in [-0.1, -0.05) is 30.2 Å². The van der Waals surface area contributed by atoms with E-state index in [2.05, 4.69) is 5.32 Å². The summed E-state index contributed by atoms with van der Waals surface area (Å²) in [6, 6.07) is 7.26. The Morgan fingerprint density at radius 3 is 2.62 bits per heavy atom. The van der Waals surface area contributed by atoms with Crippen LogP contribution in [0.25, 0.3) is 0 Å². The Hall–Kier alpha value is -1.59. The molecule has 0 aromatic heterocycles. The Kier molecular flexibility index (Phi) is 4.85. The van der Waals surface area contributed by atoms with Gasteiger partial charge in [0, 0.05) is 18.0 Å². The van der Waals surface area contributed by atoms with Crippen LogP contribution in [-0.4, -0.2) is 34.7 Å². The number of carboxylic acid groups (broad SMARTS) is 1. The highest BCUT2D eigenvalue weighted by molar-refractivity contribution is 6.30. The molecule has 0 heterocycles. The Balaban J connectivity index is 2.00. The fourth-order valence-corrected chi connectivity index (χ4v) is 2.77. The first kappa shape index (κ1) is 15.8. The number of rotatable bonds is 6. The van der Waals surface area contributed by atoms with Gasteiger partial charge in [-0.2, -0.15) is 0 Å². The third kappa shape index (κ3) is 3.36. The third-order valence-electron chi connectivity index (χ3n) is 4.01. The number of nitrogens with one attached hydrogen (secondary N) is 1. The lowest BCUT2D eigenvalue weighted by Crippen LogP contribution is -2.49. The number of carbonyl (C=O) groups is 2. The van der Waals surface area contributed by atoms with Crippen molar-refractivity contribution in [3.8, 4) is 0 Å². The molecule has 1 amide bonds. The molecule has 1 aromatic rings. The second-order valence-corrected chi connectivity index (χ2v) is 5.78. The number of aliphatic hydroxyl groups is 1. The van der Waals surface area contributed by atoms with Gasteiger partial charge in [-0.3, -0.25) is 4.79 Å². The zero-order valence-corrected chi connectivity index (χ0v) is 12.3. The lowest BCUT2D eigenvalue weighted by atomic mass is 9.64. The summed E-state index contributed by atoms with van der Waals surface area (Å²) in [5.74, 6) is -1.41. The summed E-state index contributed by atoms with van der Waals surface area (Å²) in [6.45, 7) is 0.134. The number of carboxylic acids is 1. The number of hydrogen-bond donors (Lipinski definition) is 3. The Bertz CT molecular complexity index is 542. The van der Waals surface area contributed by atoms with Crippen molar-refractivity contribution in [2.75, 3.05) is 6.54 Å². The van der Waals surface area contributed by atoms with E-state index in [0.29, 0.717) is 5.02 Å². The number of amides is 1. The van der Waals surface area contributed by atoms with Gasteiger partial charge in [0.15, 0.2) is 6.10 Å². The number of aliphatic carboxylic acids is 1. The SMILES string of the molecule is O=C(O)[C@@H](O)CCNC(=O)C1(c2cccc(Cl)c2)CCC1. The standard InChI is InChI=1S/C15H18ClNO4/c16-11-4-1-3-10(9-11)15(6-2-7-15)14(21)17-8-5-12(18)13(19)20/h1,3-4,9,12,18H,2,5-8H2,(H,17,21)(H,19,20)/t12-/m0/s1. The predicted molar refractivity (Wildman–Crippen MR) is 78.3 cm³/mol. The van der Waals surface area contributed by atoms with Crippen molar-refractivity contribution in [1.82, 2.24) is 5.32 Å². The van der Waals surface area contributed by atoms with Crippen LogP contribution in [0, 0.1) is 0 Å². The first-order chi connectivity index (χ1) is 9.95. The largest absolute Gasteiger partial charge is 0.479 e. The van der Waals surface area contributed by atoms with Gasteiger partial charge in [0.25, 0.3) is 0 Å². The van der Waals surface area contributed by atoms with Crippen LogP contribution in [0.4, 0.5) is 0 Å². The van der Waals surface area contributed by atoms with Gasteiger partial charge >= 0.3 is 5.97 Å². The molecule has 2 rings (SSSR count). The van der Waals surface area contributed by atoms with E-state index < -0.39 is 17.5 Å². The number of aliphatic hydroxyl groups excluding tert-OH is 1. The highest BCUT2D eigenvalue weighted by atomic mass is 35.5. The Morgan fingerprint density at radius 1 is 1.38 bits per heavy atom.